The zero-order valence-electron chi connectivity index (χ0n) is 24.3. The molecule has 0 aromatic carbocycles. The molecule has 13 nitrogen and oxygen atoms in total. The summed E-state index contributed by atoms with van der Waals surface area (Å²) in [5.74, 6) is -4.37. The molecule has 2 spiro atoms. The normalized spacial score (nSPS) is 61.3. The molecule has 4 saturated carbocycles. The van der Waals surface area contributed by atoms with Gasteiger partial charge in [-0.15, -0.1) is 0 Å². The van der Waals surface area contributed by atoms with Crippen molar-refractivity contribution in [3.8, 4) is 0 Å². The minimum atomic E-state index is -1.47. The highest BCUT2D eigenvalue weighted by molar-refractivity contribution is 5.92. The predicted molar refractivity (Wildman–Crippen MR) is 135 cm³/mol. The van der Waals surface area contributed by atoms with Gasteiger partial charge in [0.25, 0.3) is 0 Å². The summed E-state index contributed by atoms with van der Waals surface area (Å²) in [6.45, 7) is 12.5. The maximum atomic E-state index is 12.4. The number of carbonyl (C=O) groups excluding carboxylic acids is 4. The zero-order valence-corrected chi connectivity index (χ0v) is 24.3. The van der Waals surface area contributed by atoms with Crippen molar-refractivity contribution in [2.45, 2.75) is 112 Å². The van der Waals surface area contributed by atoms with Crippen LogP contribution in [0.1, 0.15) is 47.5 Å². The van der Waals surface area contributed by atoms with Gasteiger partial charge in [-0.05, 0) is 34.6 Å². The van der Waals surface area contributed by atoms with Crippen molar-refractivity contribution < 1.29 is 62.9 Å². The summed E-state index contributed by atoms with van der Waals surface area (Å²) in [6.07, 6.45) is -3.12. The molecule has 0 aromatic rings. The summed E-state index contributed by atoms with van der Waals surface area (Å²) < 4.78 is 33.2. The molecule has 13 heteroatoms. The molecule has 6 saturated heterocycles. The Balaban J connectivity index is 0.000000121. The summed E-state index contributed by atoms with van der Waals surface area (Å²) in [4.78, 5) is 49.4. The molecule has 232 valence electrons. The van der Waals surface area contributed by atoms with Crippen molar-refractivity contribution in [3.63, 3.8) is 0 Å². The third kappa shape index (κ3) is 2.29. The van der Waals surface area contributed by atoms with Crippen LogP contribution in [0, 0.1) is 34.5 Å². The molecule has 16 atom stereocenters. The van der Waals surface area contributed by atoms with Gasteiger partial charge in [0.05, 0.1) is 39.5 Å². The van der Waals surface area contributed by atoms with Crippen molar-refractivity contribution in [2.24, 2.45) is 34.5 Å². The van der Waals surface area contributed by atoms with E-state index in [-0.39, 0.29) is 24.9 Å². The fourth-order valence-corrected chi connectivity index (χ4v) is 11.4. The van der Waals surface area contributed by atoms with Crippen LogP contribution in [-0.4, -0.2) is 104 Å². The Hall–Kier alpha value is -2.58. The number of rotatable bonds is 2. The first-order valence-corrected chi connectivity index (χ1v) is 14.9. The van der Waals surface area contributed by atoms with Crippen molar-refractivity contribution >= 4 is 23.9 Å². The molecular weight excluding hydrogens is 568 g/mol. The summed E-state index contributed by atoms with van der Waals surface area (Å²) in [7, 11) is 0. The molecule has 0 radical (unpaired) electrons. The van der Waals surface area contributed by atoms with E-state index >= 15 is 0 Å². The molecule has 4 bridgehead atoms. The first-order chi connectivity index (χ1) is 19.9. The van der Waals surface area contributed by atoms with Crippen LogP contribution in [0.15, 0.2) is 12.2 Å². The van der Waals surface area contributed by atoms with E-state index in [1.165, 1.54) is 0 Å². The van der Waals surface area contributed by atoms with Crippen LogP contribution in [0.2, 0.25) is 0 Å². The number of fused-ring (bicyclic) bond motifs is 8. The van der Waals surface area contributed by atoms with Crippen LogP contribution in [0.25, 0.3) is 0 Å². The molecule has 0 amide bonds. The average Bonchev–Trinajstić information content (AvgIpc) is 3.58. The van der Waals surface area contributed by atoms with Gasteiger partial charge in [-0.25, -0.2) is 9.59 Å². The van der Waals surface area contributed by atoms with Gasteiger partial charge in [0, 0.05) is 24.7 Å². The molecule has 10 aliphatic rings. The monoisotopic (exact) mass is 602 g/mol. The lowest BCUT2D eigenvalue weighted by molar-refractivity contribution is -0.223. The lowest BCUT2D eigenvalue weighted by Crippen LogP contribution is -2.68. The minimum absolute atomic E-state index is 0.189. The molecule has 0 aromatic heterocycles. The molecule has 10 fully saturated rings. The highest BCUT2D eigenvalue weighted by atomic mass is 16.7. The van der Waals surface area contributed by atoms with Crippen LogP contribution in [0.3, 0.4) is 0 Å². The van der Waals surface area contributed by atoms with E-state index < -0.39 is 111 Å². The summed E-state index contributed by atoms with van der Waals surface area (Å²) >= 11 is 0. The van der Waals surface area contributed by atoms with E-state index in [1.807, 2.05) is 6.92 Å². The van der Waals surface area contributed by atoms with Gasteiger partial charge in [0.15, 0.2) is 12.2 Å². The summed E-state index contributed by atoms with van der Waals surface area (Å²) in [6, 6.07) is 0. The third-order valence-electron chi connectivity index (χ3n) is 13.4. The number of esters is 4. The Morgan fingerprint density at radius 1 is 0.791 bits per heavy atom. The van der Waals surface area contributed by atoms with E-state index in [0.717, 1.165) is 5.57 Å². The summed E-state index contributed by atoms with van der Waals surface area (Å²) in [5, 5.41) is 33.3. The molecule has 3 N–H and O–H groups in total. The van der Waals surface area contributed by atoms with E-state index in [1.54, 1.807) is 27.7 Å². The molecule has 4 aliphatic carbocycles. The van der Waals surface area contributed by atoms with E-state index in [9.17, 15) is 34.5 Å². The molecule has 6 aliphatic heterocycles. The minimum Gasteiger partial charge on any atom is -0.458 e. The number of ether oxygens (including phenoxy) is 6. The molecule has 6 heterocycles. The fraction of sp³-hybridized carbons (Fsp3) is 0.800. The maximum absolute atomic E-state index is 12.4. The van der Waals surface area contributed by atoms with Crippen molar-refractivity contribution in [1.29, 1.82) is 0 Å². The second-order valence-electron chi connectivity index (χ2n) is 15.3. The highest BCUT2D eigenvalue weighted by Gasteiger charge is 2.97. The number of hydrogen-bond donors (Lipinski definition) is 3. The number of aliphatic hydroxyl groups is 3. The van der Waals surface area contributed by atoms with Gasteiger partial charge in [-0.3, -0.25) is 9.59 Å². The van der Waals surface area contributed by atoms with Crippen LogP contribution in [0.4, 0.5) is 0 Å². The second-order valence-corrected chi connectivity index (χ2v) is 15.3. The lowest BCUT2D eigenvalue weighted by atomic mass is 9.52. The van der Waals surface area contributed by atoms with E-state index in [4.69, 9.17) is 28.4 Å². The Morgan fingerprint density at radius 2 is 1.23 bits per heavy atom. The van der Waals surface area contributed by atoms with Crippen molar-refractivity contribution in [3.05, 3.63) is 12.2 Å². The van der Waals surface area contributed by atoms with Crippen LogP contribution >= 0.6 is 0 Å². The largest absolute Gasteiger partial charge is 0.458 e. The van der Waals surface area contributed by atoms with E-state index in [0.29, 0.717) is 0 Å². The second kappa shape index (κ2) is 6.81. The summed E-state index contributed by atoms with van der Waals surface area (Å²) in [5.41, 5.74) is -7.49. The van der Waals surface area contributed by atoms with Gasteiger partial charge in [0.2, 0.25) is 11.2 Å². The number of epoxide rings is 2. The smallest absolute Gasteiger partial charge is 0.342 e. The maximum Gasteiger partial charge on any atom is 0.342 e. The van der Waals surface area contributed by atoms with Crippen LogP contribution < -0.4 is 0 Å². The Morgan fingerprint density at radius 3 is 1.72 bits per heavy atom. The lowest BCUT2D eigenvalue weighted by Gasteiger charge is -2.53. The third-order valence-corrected chi connectivity index (χ3v) is 13.4. The standard InChI is InChI=1S/C15H18O7.C15H16O6/c1-12(2,18)6-7-10(16)20-8(6)9-13(3)14(7,19)4-5-15(13,22-5)11(17)21-9;1-5(2)7-8-11(16)19-9(7)10-13(3)14(8,18)4-6-15(13,21-6)12(17)20-10/h5-9,18-19H,4H2,1-3H3;6-10,18H,1,4H2,2-3H3/t5-,6+,7-,8?,9-,13-,14-,15+;6-,7+,8?,9?,10-,13-,14-,15+/m11/s1. The molecule has 43 heavy (non-hydrogen) atoms. The van der Waals surface area contributed by atoms with Crippen molar-refractivity contribution in [2.75, 3.05) is 0 Å². The SMILES string of the molecule is C=C(C)[C@@H]1C2OC(=O)C1[C@]1(O)C[C@H]3O[C@]34C(=O)O[C@H]2[C@]14C.CC(C)(O)[C@@H]1C2OC(=O)[C@@H]1[C@]1(O)C[C@H]3O[C@]34C(=O)O[C@H]2[C@]14C. The zero-order chi connectivity index (χ0) is 30.8. The molecule has 10 rings (SSSR count). The predicted octanol–water partition coefficient (Wildman–Crippen LogP) is -0.929. The fourth-order valence-electron chi connectivity index (χ4n) is 11.4. The van der Waals surface area contributed by atoms with Crippen LogP contribution in [-0.2, 0) is 47.6 Å². The van der Waals surface area contributed by atoms with Gasteiger partial charge in [-0.2, -0.15) is 0 Å². The van der Waals surface area contributed by atoms with Crippen molar-refractivity contribution in [1.82, 2.24) is 0 Å². The quantitative estimate of drug-likeness (QED) is 0.152. The highest BCUT2D eigenvalue weighted by Crippen LogP contribution is 2.78. The number of hydrogen-bond acceptors (Lipinski definition) is 13. The van der Waals surface area contributed by atoms with Gasteiger partial charge < -0.3 is 43.7 Å². The van der Waals surface area contributed by atoms with Gasteiger partial charge in [-0.1, -0.05) is 12.2 Å². The Bertz CT molecular complexity index is 1500. The Kier molecular flexibility index (Phi) is 4.24. The van der Waals surface area contributed by atoms with Crippen LogP contribution in [0.5, 0.6) is 0 Å². The first-order valence-electron chi connectivity index (χ1n) is 14.9. The van der Waals surface area contributed by atoms with Gasteiger partial charge >= 0.3 is 23.9 Å². The first kappa shape index (κ1) is 26.8. The molecular formula is C30H34O13. The van der Waals surface area contributed by atoms with E-state index in [2.05, 4.69) is 6.58 Å². The number of carbonyl (C=O) groups is 4. The van der Waals surface area contributed by atoms with Gasteiger partial charge in [0.1, 0.15) is 24.4 Å². The molecule has 3 unspecified atom stereocenters. The average molecular weight is 603 g/mol. The topological polar surface area (TPSA) is 191 Å². The Labute approximate surface area is 245 Å².